The molecule has 1 rings (SSSR count). The van der Waals surface area contributed by atoms with Crippen LogP contribution in [0.15, 0.2) is 24.3 Å². The van der Waals surface area contributed by atoms with Crippen molar-refractivity contribution in [2.75, 3.05) is 0 Å². The topological polar surface area (TPSA) is 43.1 Å². The molecule has 0 aliphatic rings. The van der Waals surface area contributed by atoms with E-state index in [9.17, 15) is 13.6 Å². The molecule has 0 radical (unpaired) electrons. The number of primary amides is 1. The highest BCUT2D eigenvalue weighted by Crippen LogP contribution is 2.24. The minimum atomic E-state index is -2.52. The number of rotatable bonds is 3. The summed E-state index contributed by atoms with van der Waals surface area (Å²) in [6, 6.07) is 5.17. The molecule has 1 aromatic rings. The molecular weight excluding hydrogens is 212 g/mol. The van der Waals surface area contributed by atoms with Gasteiger partial charge in [0.25, 0.3) is 6.43 Å². The van der Waals surface area contributed by atoms with Crippen LogP contribution in [0.5, 0.6) is 0 Å². The van der Waals surface area contributed by atoms with Crippen LogP contribution in [0.2, 0.25) is 0 Å². The number of hydrogen-bond donors (Lipinski definition) is 1. The van der Waals surface area contributed by atoms with E-state index in [0.717, 1.165) is 0 Å². The average Bonchev–Trinajstić information content (AvgIpc) is 2.16. The van der Waals surface area contributed by atoms with Crippen molar-refractivity contribution < 1.29 is 13.6 Å². The molecule has 0 bridgehead atoms. The molecule has 0 aromatic heterocycles. The number of halogens is 3. The summed E-state index contributed by atoms with van der Waals surface area (Å²) in [6.07, 6.45) is -2.52. The lowest BCUT2D eigenvalue weighted by Gasteiger charge is -2.06. The third-order valence-corrected chi connectivity index (χ3v) is 2.20. The Morgan fingerprint density at radius 1 is 1.21 bits per heavy atom. The van der Waals surface area contributed by atoms with Crippen LogP contribution >= 0.6 is 11.6 Å². The van der Waals surface area contributed by atoms with Crippen LogP contribution in [0.4, 0.5) is 8.78 Å². The summed E-state index contributed by atoms with van der Waals surface area (Å²) in [6.45, 7) is 0. The predicted octanol–water partition coefficient (Wildman–Crippen LogP) is 2.39. The van der Waals surface area contributed by atoms with Gasteiger partial charge in [-0.05, 0) is 5.56 Å². The standard InChI is InChI=1S/C9H8ClF2NO/c10-7(9(13)14)5-1-3-6(4-2-5)8(11)12/h1-4,7-8H,(H2,13,14). The van der Waals surface area contributed by atoms with E-state index < -0.39 is 17.7 Å². The van der Waals surface area contributed by atoms with Crippen LogP contribution in [-0.2, 0) is 4.79 Å². The van der Waals surface area contributed by atoms with Gasteiger partial charge in [0.15, 0.2) is 0 Å². The molecule has 76 valence electrons. The molecule has 1 unspecified atom stereocenters. The molecule has 0 aliphatic carbocycles. The molecule has 1 amide bonds. The van der Waals surface area contributed by atoms with Gasteiger partial charge in [-0.15, -0.1) is 11.6 Å². The Labute approximate surface area is 84.7 Å². The van der Waals surface area contributed by atoms with Crippen molar-refractivity contribution in [3.8, 4) is 0 Å². The second-order valence-electron chi connectivity index (χ2n) is 2.73. The van der Waals surface area contributed by atoms with Crippen LogP contribution in [-0.4, -0.2) is 5.91 Å². The van der Waals surface area contributed by atoms with Crippen molar-refractivity contribution in [3.63, 3.8) is 0 Å². The van der Waals surface area contributed by atoms with Gasteiger partial charge in [-0.1, -0.05) is 24.3 Å². The van der Waals surface area contributed by atoms with Crippen molar-refractivity contribution in [3.05, 3.63) is 35.4 Å². The maximum atomic E-state index is 12.1. The number of carbonyl (C=O) groups excluding carboxylic acids is 1. The molecule has 0 aliphatic heterocycles. The minimum absolute atomic E-state index is 0.109. The van der Waals surface area contributed by atoms with Gasteiger partial charge in [0, 0.05) is 5.56 Å². The maximum Gasteiger partial charge on any atom is 0.263 e. The first-order valence-corrected chi connectivity index (χ1v) is 4.27. The van der Waals surface area contributed by atoms with Gasteiger partial charge >= 0.3 is 0 Å². The quantitative estimate of drug-likeness (QED) is 0.780. The number of amides is 1. The van der Waals surface area contributed by atoms with E-state index in [1.165, 1.54) is 24.3 Å². The summed E-state index contributed by atoms with van der Waals surface area (Å²) in [7, 11) is 0. The zero-order chi connectivity index (χ0) is 10.7. The van der Waals surface area contributed by atoms with Gasteiger partial charge in [-0.3, -0.25) is 4.79 Å². The fraction of sp³-hybridized carbons (Fsp3) is 0.222. The maximum absolute atomic E-state index is 12.1. The van der Waals surface area contributed by atoms with Gasteiger partial charge in [-0.25, -0.2) is 8.78 Å². The first-order chi connectivity index (χ1) is 6.52. The van der Waals surface area contributed by atoms with E-state index in [-0.39, 0.29) is 5.56 Å². The van der Waals surface area contributed by atoms with Crippen LogP contribution in [0, 0.1) is 0 Å². The van der Waals surface area contributed by atoms with Crippen molar-refractivity contribution >= 4 is 17.5 Å². The molecule has 0 spiro atoms. The first kappa shape index (κ1) is 10.9. The van der Waals surface area contributed by atoms with Gasteiger partial charge in [0.05, 0.1) is 0 Å². The second kappa shape index (κ2) is 4.37. The summed E-state index contributed by atoms with van der Waals surface area (Å²) >= 11 is 5.61. The SMILES string of the molecule is NC(=O)C(Cl)c1ccc(C(F)F)cc1. The van der Waals surface area contributed by atoms with Crippen LogP contribution in [0.3, 0.4) is 0 Å². The molecule has 0 heterocycles. The summed E-state index contributed by atoms with van der Waals surface area (Å²) < 4.78 is 24.3. The molecule has 0 saturated heterocycles. The highest BCUT2D eigenvalue weighted by atomic mass is 35.5. The molecule has 5 heteroatoms. The van der Waals surface area contributed by atoms with E-state index >= 15 is 0 Å². The second-order valence-corrected chi connectivity index (χ2v) is 3.17. The number of benzene rings is 1. The highest BCUT2D eigenvalue weighted by molar-refractivity contribution is 6.30. The molecule has 1 aromatic carbocycles. The monoisotopic (exact) mass is 219 g/mol. The Balaban J connectivity index is 2.88. The lowest BCUT2D eigenvalue weighted by molar-refractivity contribution is -0.117. The largest absolute Gasteiger partial charge is 0.368 e. The molecule has 0 saturated carbocycles. The van der Waals surface area contributed by atoms with Crippen LogP contribution in [0.1, 0.15) is 22.9 Å². The van der Waals surface area contributed by atoms with Crippen molar-refractivity contribution in [1.29, 1.82) is 0 Å². The van der Waals surface area contributed by atoms with E-state index in [1.807, 2.05) is 0 Å². The number of alkyl halides is 3. The Kier molecular flexibility index (Phi) is 3.41. The zero-order valence-electron chi connectivity index (χ0n) is 7.08. The Morgan fingerprint density at radius 3 is 2.00 bits per heavy atom. The van der Waals surface area contributed by atoms with Gasteiger partial charge in [-0.2, -0.15) is 0 Å². The fourth-order valence-electron chi connectivity index (χ4n) is 0.975. The van der Waals surface area contributed by atoms with Crippen molar-refractivity contribution in [2.45, 2.75) is 11.8 Å². The molecule has 2 nitrogen and oxygen atoms in total. The average molecular weight is 220 g/mol. The lowest BCUT2D eigenvalue weighted by Crippen LogP contribution is -2.16. The molecular formula is C9H8ClF2NO. The highest BCUT2D eigenvalue weighted by Gasteiger charge is 2.14. The Bertz CT molecular complexity index is 326. The summed E-state index contributed by atoms with van der Waals surface area (Å²) in [5, 5.41) is -0.971. The smallest absolute Gasteiger partial charge is 0.263 e. The molecule has 1 atom stereocenters. The van der Waals surface area contributed by atoms with E-state index in [0.29, 0.717) is 5.56 Å². The predicted molar refractivity (Wildman–Crippen MR) is 49.2 cm³/mol. The van der Waals surface area contributed by atoms with Crippen molar-refractivity contribution in [1.82, 2.24) is 0 Å². The number of nitrogens with two attached hydrogens (primary N) is 1. The van der Waals surface area contributed by atoms with E-state index in [2.05, 4.69) is 0 Å². The minimum Gasteiger partial charge on any atom is -0.368 e. The summed E-state index contributed by atoms with van der Waals surface area (Å²) in [4.78, 5) is 10.7. The van der Waals surface area contributed by atoms with Crippen LogP contribution < -0.4 is 5.73 Å². The Hall–Kier alpha value is -1.16. The van der Waals surface area contributed by atoms with Gasteiger partial charge in [0.2, 0.25) is 5.91 Å². The zero-order valence-corrected chi connectivity index (χ0v) is 7.84. The molecule has 2 N–H and O–H groups in total. The van der Waals surface area contributed by atoms with E-state index in [4.69, 9.17) is 17.3 Å². The number of carbonyl (C=O) groups is 1. The summed E-state index contributed by atoms with van der Waals surface area (Å²) in [5.41, 5.74) is 5.26. The normalized spacial score (nSPS) is 12.9. The fourth-order valence-corrected chi connectivity index (χ4v) is 1.12. The number of hydrogen-bond acceptors (Lipinski definition) is 1. The summed E-state index contributed by atoms with van der Waals surface area (Å²) in [5.74, 6) is -0.698. The third-order valence-electron chi connectivity index (χ3n) is 1.73. The first-order valence-electron chi connectivity index (χ1n) is 3.83. The Morgan fingerprint density at radius 2 is 1.64 bits per heavy atom. The van der Waals surface area contributed by atoms with E-state index in [1.54, 1.807) is 0 Å². The van der Waals surface area contributed by atoms with Gasteiger partial charge < -0.3 is 5.73 Å². The van der Waals surface area contributed by atoms with Gasteiger partial charge in [0.1, 0.15) is 5.38 Å². The lowest BCUT2D eigenvalue weighted by atomic mass is 10.1. The molecule has 14 heavy (non-hydrogen) atoms. The van der Waals surface area contributed by atoms with Crippen molar-refractivity contribution in [2.24, 2.45) is 5.73 Å². The molecule has 0 fully saturated rings. The third kappa shape index (κ3) is 2.42. The van der Waals surface area contributed by atoms with Crippen LogP contribution in [0.25, 0.3) is 0 Å².